The highest BCUT2D eigenvalue weighted by Crippen LogP contribution is 2.19. The lowest BCUT2D eigenvalue weighted by Gasteiger charge is -2.17. The molecule has 2 heterocycles. The minimum absolute atomic E-state index is 0.0378. The Labute approximate surface area is 240 Å². The third kappa shape index (κ3) is 11.2. The van der Waals surface area contributed by atoms with E-state index in [9.17, 15) is 14.0 Å². The molecule has 0 spiro atoms. The zero-order valence-corrected chi connectivity index (χ0v) is 23.1. The molecule has 1 aliphatic rings. The molecule has 9 nitrogen and oxygen atoms in total. The molecular formula is C31H37FN4O5. The fourth-order valence-electron chi connectivity index (χ4n) is 4.44. The monoisotopic (exact) mass is 564 g/mol. The Morgan fingerprint density at radius 3 is 2.68 bits per heavy atom. The number of halogens is 1. The first-order chi connectivity index (χ1) is 20.0. The second-order valence-corrected chi connectivity index (χ2v) is 9.94. The number of hydrogen-bond donors (Lipinski definition) is 2. The van der Waals surface area contributed by atoms with Crippen molar-refractivity contribution in [2.75, 3.05) is 32.8 Å². The Bertz CT molecular complexity index is 1230. The zero-order chi connectivity index (χ0) is 28.7. The summed E-state index contributed by atoms with van der Waals surface area (Å²) in [6, 6.07) is 17.8. The summed E-state index contributed by atoms with van der Waals surface area (Å²) in [5.74, 6) is 0.328. The number of hydrogen-bond acceptors (Lipinski definition) is 7. The van der Waals surface area contributed by atoms with Gasteiger partial charge in [0.2, 0.25) is 5.91 Å². The van der Waals surface area contributed by atoms with E-state index in [1.807, 2.05) is 30.3 Å². The molecule has 218 valence electrons. The van der Waals surface area contributed by atoms with Crippen molar-refractivity contribution in [2.24, 2.45) is 0 Å². The van der Waals surface area contributed by atoms with Gasteiger partial charge in [0.15, 0.2) is 0 Å². The highest BCUT2D eigenvalue weighted by Gasteiger charge is 2.25. The van der Waals surface area contributed by atoms with Crippen LogP contribution in [0.2, 0.25) is 0 Å². The molecular weight excluding hydrogens is 527 g/mol. The van der Waals surface area contributed by atoms with Crippen molar-refractivity contribution < 1.29 is 28.2 Å². The number of alkyl carbamates (subject to hydrolysis) is 1. The maximum Gasteiger partial charge on any atom is 0.407 e. The van der Waals surface area contributed by atoms with Crippen molar-refractivity contribution in [1.29, 1.82) is 0 Å². The van der Waals surface area contributed by atoms with Crippen molar-refractivity contribution in [3.8, 4) is 5.75 Å². The SMILES string of the molecule is O=C(COCc1ccc(F)cc1)NCCCCOc1cccc(CN2CCC(OC(=O)NCc3cccnc3)C2)c1. The smallest absolute Gasteiger partial charge is 0.407 e. The van der Waals surface area contributed by atoms with Crippen LogP contribution in [0.25, 0.3) is 0 Å². The van der Waals surface area contributed by atoms with Gasteiger partial charge < -0.3 is 24.8 Å². The quantitative estimate of drug-likeness (QED) is 0.267. The normalized spacial score (nSPS) is 14.9. The first-order valence-electron chi connectivity index (χ1n) is 13.9. The zero-order valence-electron chi connectivity index (χ0n) is 23.1. The number of nitrogens with zero attached hydrogens (tertiary/aromatic N) is 2. The lowest BCUT2D eigenvalue weighted by molar-refractivity contribution is -0.126. The van der Waals surface area contributed by atoms with E-state index in [2.05, 4.69) is 26.6 Å². The Morgan fingerprint density at radius 1 is 1.00 bits per heavy atom. The van der Waals surface area contributed by atoms with E-state index in [-0.39, 0.29) is 31.0 Å². The molecule has 4 rings (SSSR count). The fraction of sp³-hybridized carbons (Fsp3) is 0.387. The summed E-state index contributed by atoms with van der Waals surface area (Å²) < 4.78 is 29.8. The molecule has 2 aromatic carbocycles. The van der Waals surface area contributed by atoms with E-state index < -0.39 is 6.09 Å². The van der Waals surface area contributed by atoms with Gasteiger partial charge in [-0.3, -0.25) is 14.7 Å². The van der Waals surface area contributed by atoms with Crippen molar-refractivity contribution >= 4 is 12.0 Å². The van der Waals surface area contributed by atoms with Crippen molar-refractivity contribution in [1.82, 2.24) is 20.5 Å². The summed E-state index contributed by atoms with van der Waals surface area (Å²) >= 11 is 0. The van der Waals surface area contributed by atoms with Gasteiger partial charge in [0, 0.05) is 45.1 Å². The molecule has 1 aliphatic heterocycles. The fourth-order valence-corrected chi connectivity index (χ4v) is 4.44. The van der Waals surface area contributed by atoms with Crippen LogP contribution in [0.4, 0.5) is 9.18 Å². The van der Waals surface area contributed by atoms with Gasteiger partial charge in [0.25, 0.3) is 0 Å². The Hall–Kier alpha value is -4.02. The minimum atomic E-state index is -0.411. The number of pyridine rings is 1. The van der Waals surface area contributed by atoms with Gasteiger partial charge >= 0.3 is 6.09 Å². The predicted octanol–water partition coefficient (Wildman–Crippen LogP) is 4.21. The summed E-state index contributed by atoms with van der Waals surface area (Å²) in [6.45, 7) is 4.00. The van der Waals surface area contributed by atoms with Crippen molar-refractivity contribution in [3.63, 3.8) is 0 Å². The number of likely N-dealkylation sites (tertiary alicyclic amines) is 1. The van der Waals surface area contributed by atoms with Crippen LogP contribution in [-0.2, 0) is 34.0 Å². The number of nitrogens with one attached hydrogen (secondary N) is 2. The molecule has 3 aromatic rings. The van der Waals surface area contributed by atoms with Crippen LogP contribution in [0, 0.1) is 5.82 Å². The topological polar surface area (TPSA) is 102 Å². The van der Waals surface area contributed by atoms with Gasteiger partial charge in [0.1, 0.15) is 24.3 Å². The second-order valence-electron chi connectivity index (χ2n) is 9.94. The van der Waals surface area contributed by atoms with Crippen molar-refractivity contribution in [2.45, 2.75) is 45.1 Å². The van der Waals surface area contributed by atoms with E-state index in [1.54, 1.807) is 24.5 Å². The number of amides is 2. The highest BCUT2D eigenvalue weighted by molar-refractivity contribution is 5.77. The molecule has 10 heteroatoms. The van der Waals surface area contributed by atoms with Crippen LogP contribution in [0.5, 0.6) is 5.75 Å². The number of carbonyl (C=O) groups is 2. The van der Waals surface area contributed by atoms with Crippen LogP contribution in [0.15, 0.2) is 73.1 Å². The van der Waals surface area contributed by atoms with Crippen LogP contribution < -0.4 is 15.4 Å². The Kier molecular flexibility index (Phi) is 11.9. The molecule has 0 radical (unpaired) electrons. The maximum atomic E-state index is 12.9. The molecule has 1 fully saturated rings. The van der Waals surface area contributed by atoms with E-state index in [1.165, 1.54) is 12.1 Å². The average molecular weight is 565 g/mol. The van der Waals surface area contributed by atoms with Gasteiger partial charge in [-0.1, -0.05) is 30.3 Å². The molecule has 1 unspecified atom stereocenters. The molecule has 41 heavy (non-hydrogen) atoms. The first kappa shape index (κ1) is 30.0. The summed E-state index contributed by atoms with van der Waals surface area (Å²) in [5, 5.41) is 5.61. The Balaban J connectivity index is 1.05. The number of benzene rings is 2. The van der Waals surface area contributed by atoms with Gasteiger partial charge in [0.05, 0.1) is 13.2 Å². The number of ether oxygens (including phenoxy) is 3. The van der Waals surface area contributed by atoms with Gasteiger partial charge in [-0.05, 0) is 66.3 Å². The summed E-state index contributed by atoms with van der Waals surface area (Å²) in [6.07, 6.45) is 5.25. The summed E-state index contributed by atoms with van der Waals surface area (Å²) in [7, 11) is 0. The van der Waals surface area contributed by atoms with E-state index >= 15 is 0 Å². The molecule has 2 amide bonds. The van der Waals surface area contributed by atoms with E-state index in [0.717, 1.165) is 54.8 Å². The predicted molar refractivity (Wildman–Crippen MR) is 151 cm³/mol. The number of unbranched alkanes of at least 4 members (excludes halogenated alkanes) is 1. The van der Waals surface area contributed by atoms with Crippen LogP contribution in [0.3, 0.4) is 0 Å². The van der Waals surface area contributed by atoms with Gasteiger partial charge in [-0.2, -0.15) is 0 Å². The third-order valence-electron chi connectivity index (χ3n) is 6.54. The van der Waals surface area contributed by atoms with Crippen LogP contribution >= 0.6 is 0 Å². The largest absolute Gasteiger partial charge is 0.494 e. The lowest BCUT2D eigenvalue weighted by atomic mass is 10.2. The summed E-state index contributed by atoms with van der Waals surface area (Å²) in [5.41, 5.74) is 2.88. The van der Waals surface area contributed by atoms with Crippen LogP contribution in [-0.4, -0.2) is 60.8 Å². The average Bonchev–Trinajstić information content (AvgIpc) is 3.42. The molecule has 1 saturated heterocycles. The Morgan fingerprint density at radius 2 is 1.85 bits per heavy atom. The van der Waals surface area contributed by atoms with Crippen molar-refractivity contribution in [3.05, 3.63) is 95.6 Å². The van der Waals surface area contributed by atoms with E-state index in [0.29, 0.717) is 26.2 Å². The van der Waals surface area contributed by atoms with E-state index in [4.69, 9.17) is 14.2 Å². The lowest BCUT2D eigenvalue weighted by Crippen LogP contribution is -2.30. The molecule has 1 atom stereocenters. The molecule has 0 saturated carbocycles. The van der Waals surface area contributed by atoms with Crippen LogP contribution in [0.1, 0.15) is 36.0 Å². The first-order valence-corrected chi connectivity index (χ1v) is 13.9. The van der Waals surface area contributed by atoms with Gasteiger partial charge in [-0.15, -0.1) is 0 Å². The second kappa shape index (κ2) is 16.3. The van der Waals surface area contributed by atoms with Gasteiger partial charge in [-0.25, -0.2) is 9.18 Å². The summed E-state index contributed by atoms with van der Waals surface area (Å²) in [4.78, 5) is 30.4. The highest BCUT2D eigenvalue weighted by atomic mass is 19.1. The molecule has 0 aliphatic carbocycles. The standard InChI is InChI=1S/C31H37FN4O5/c32-27-10-8-24(9-11-27)22-39-23-30(37)34-14-1-2-16-40-28-7-3-5-25(17-28)20-36-15-12-29(21-36)41-31(38)35-19-26-6-4-13-33-18-26/h3-11,13,17-18,29H,1-2,12,14-16,19-23H2,(H,34,37)(H,35,38). The molecule has 2 N–H and O–H groups in total. The number of rotatable bonds is 15. The minimum Gasteiger partial charge on any atom is -0.494 e. The third-order valence-corrected chi connectivity index (χ3v) is 6.54. The molecule has 0 bridgehead atoms. The maximum absolute atomic E-state index is 12.9. The number of carbonyl (C=O) groups excluding carboxylic acids is 2. The number of aromatic nitrogens is 1. The molecule has 1 aromatic heterocycles.